The fraction of sp³-hybridized carbons (Fsp3) is 0.500. The Hall–Kier alpha value is -0.750. The summed E-state index contributed by atoms with van der Waals surface area (Å²) in [5, 5.41) is 0.925. The third-order valence-electron chi connectivity index (χ3n) is 4.34. The van der Waals surface area contributed by atoms with Crippen molar-refractivity contribution in [3.8, 4) is 0 Å². The van der Waals surface area contributed by atoms with E-state index in [-0.39, 0.29) is 5.41 Å². The molecule has 0 bridgehead atoms. The minimum Gasteiger partial charge on any atom is -0.0992 e. The molecule has 92 valence electrons. The van der Waals surface area contributed by atoms with Crippen molar-refractivity contribution < 1.29 is 0 Å². The van der Waals surface area contributed by atoms with E-state index in [9.17, 15) is 0 Å². The van der Waals surface area contributed by atoms with E-state index < -0.39 is 0 Å². The topological polar surface area (TPSA) is 0 Å². The smallest absolute Gasteiger partial charge is 0.0441 e. The largest absolute Gasteiger partial charge is 0.0992 e. The molecule has 0 radical (unpaired) electrons. The molecule has 1 aromatic rings. The van der Waals surface area contributed by atoms with E-state index in [0.717, 1.165) is 11.4 Å². The van der Waals surface area contributed by atoms with Crippen molar-refractivity contribution in [3.63, 3.8) is 0 Å². The number of fused-ring (bicyclic) bond motifs is 1. The predicted octanol–water partition coefficient (Wildman–Crippen LogP) is 5.15. The van der Waals surface area contributed by atoms with Gasteiger partial charge in [-0.3, -0.25) is 0 Å². The summed E-state index contributed by atoms with van der Waals surface area (Å²) in [5.41, 5.74) is 4.16. The van der Waals surface area contributed by atoms with Crippen LogP contribution in [0.15, 0.2) is 30.4 Å². The molecule has 1 unspecified atom stereocenters. The highest BCUT2D eigenvalue weighted by molar-refractivity contribution is 6.31. The highest BCUT2D eigenvalue weighted by Crippen LogP contribution is 2.48. The van der Waals surface area contributed by atoms with Crippen LogP contribution in [-0.2, 0) is 11.8 Å². The van der Waals surface area contributed by atoms with Crippen molar-refractivity contribution in [3.05, 3.63) is 46.5 Å². The van der Waals surface area contributed by atoms with Crippen molar-refractivity contribution in [1.29, 1.82) is 0 Å². The Morgan fingerprint density at radius 2 is 2.12 bits per heavy atom. The van der Waals surface area contributed by atoms with Crippen LogP contribution in [0.5, 0.6) is 0 Å². The molecule has 0 heterocycles. The maximum absolute atomic E-state index is 6.35. The predicted molar refractivity (Wildman–Crippen MR) is 75.7 cm³/mol. The average molecular weight is 249 g/mol. The minimum absolute atomic E-state index is 0.123. The number of allylic oxidation sites excluding steroid dienone is 1. The van der Waals surface area contributed by atoms with Crippen LogP contribution in [0.1, 0.15) is 44.7 Å². The summed E-state index contributed by atoms with van der Waals surface area (Å²) in [6.45, 7) is 11.0. The highest BCUT2D eigenvalue weighted by atomic mass is 35.5. The Morgan fingerprint density at radius 1 is 1.41 bits per heavy atom. The quantitative estimate of drug-likeness (QED) is 0.636. The first kappa shape index (κ1) is 12.7. The van der Waals surface area contributed by atoms with Gasteiger partial charge in [-0.25, -0.2) is 0 Å². The Labute approximate surface area is 110 Å². The third-order valence-corrected chi connectivity index (χ3v) is 4.70. The lowest BCUT2D eigenvalue weighted by molar-refractivity contribution is 0.313. The zero-order valence-corrected chi connectivity index (χ0v) is 11.8. The number of rotatable bonds is 2. The van der Waals surface area contributed by atoms with Crippen LogP contribution < -0.4 is 0 Å². The number of hydrogen-bond acceptors (Lipinski definition) is 0. The average Bonchev–Trinajstić information content (AvgIpc) is 2.28. The molecule has 0 aromatic heterocycles. The first-order valence-electron chi connectivity index (χ1n) is 6.44. The van der Waals surface area contributed by atoms with Gasteiger partial charge in [-0.05, 0) is 49.3 Å². The molecule has 0 fully saturated rings. The summed E-state index contributed by atoms with van der Waals surface area (Å²) >= 11 is 6.35. The first-order valence-corrected chi connectivity index (χ1v) is 6.81. The molecule has 17 heavy (non-hydrogen) atoms. The molecule has 1 heteroatoms. The first-order chi connectivity index (χ1) is 8.00. The normalized spacial score (nSPS) is 23.6. The van der Waals surface area contributed by atoms with Gasteiger partial charge in [0.2, 0.25) is 0 Å². The van der Waals surface area contributed by atoms with Gasteiger partial charge in [-0.15, -0.1) is 0 Å². The van der Waals surface area contributed by atoms with Crippen molar-refractivity contribution in [2.75, 3.05) is 0 Å². The molecule has 0 spiro atoms. The van der Waals surface area contributed by atoms with Gasteiger partial charge < -0.3 is 0 Å². The Morgan fingerprint density at radius 3 is 2.71 bits per heavy atom. The molecule has 0 saturated heterocycles. The maximum Gasteiger partial charge on any atom is 0.0441 e. The molecule has 0 aliphatic heterocycles. The van der Waals surface area contributed by atoms with Gasteiger partial charge in [0.15, 0.2) is 0 Å². The summed E-state index contributed by atoms with van der Waals surface area (Å²) in [4.78, 5) is 0. The van der Waals surface area contributed by atoms with Crippen LogP contribution in [0.4, 0.5) is 0 Å². The molecule has 1 aromatic carbocycles. The van der Waals surface area contributed by atoms with Gasteiger partial charge in [0, 0.05) is 10.4 Å². The van der Waals surface area contributed by atoms with Crippen molar-refractivity contribution >= 4 is 11.6 Å². The second-order valence-corrected chi connectivity index (χ2v) is 5.93. The molecular formula is C16H21Cl. The van der Waals surface area contributed by atoms with Gasteiger partial charge in [-0.1, -0.05) is 49.7 Å². The summed E-state index contributed by atoms with van der Waals surface area (Å²) < 4.78 is 0. The van der Waals surface area contributed by atoms with Gasteiger partial charge >= 0.3 is 0 Å². The monoisotopic (exact) mass is 248 g/mol. The number of hydrogen-bond donors (Lipinski definition) is 0. The van der Waals surface area contributed by atoms with E-state index in [1.165, 1.54) is 29.5 Å². The molecule has 1 atom stereocenters. The van der Waals surface area contributed by atoms with Crippen molar-refractivity contribution in [2.45, 2.75) is 45.4 Å². The van der Waals surface area contributed by atoms with Crippen LogP contribution in [0, 0.1) is 5.92 Å². The molecule has 0 nitrogen and oxygen atoms in total. The van der Waals surface area contributed by atoms with E-state index in [1.807, 2.05) is 6.07 Å². The summed E-state index contributed by atoms with van der Waals surface area (Å²) in [6.07, 6.45) is 3.52. The third kappa shape index (κ3) is 1.83. The summed E-state index contributed by atoms with van der Waals surface area (Å²) in [5.74, 6) is 0.567. The summed E-state index contributed by atoms with van der Waals surface area (Å²) in [7, 11) is 0. The summed E-state index contributed by atoms with van der Waals surface area (Å²) in [6, 6.07) is 6.33. The zero-order chi connectivity index (χ0) is 12.6. The fourth-order valence-electron chi connectivity index (χ4n) is 3.45. The van der Waals surface area contributed by atoms with Crippen LogP contribution >= 0.6 is 11.6 Å². The lowest BCUT2D eigenvalue weighted by atomic mass is 9.60. The second-order valence-electron chi connectivity index (χ2n) is 5.53. The van der Waals surface area contributed by atoms with Gasteiger partial charge in [0.05, 0.1) is 0 Å². The molecule has 0 N–H and O–H groups in total. The highest BCUT2D eigenvalue weighted by Gasteiger charge is 2.40. The van der Waals surface area contributed by atoms with Crippen LogP contribution in [-0.4, -0.2) is 0 Å². The molecular weight excluding hydrogens is 228 g/mol. The van der Waals surface area contributed by atoms with Crippen molar-refractivity contribution in [1.82, 2.24) is 0 Å². The number of halogens is 1. The standard InChI is InChI=1S/C16H21Cl/c1-11(2)16(12(3)4)10-6-7-13-14(16)8-5-9-15(13)17/h5,8-9,12H,1,6-7,10H2,2-4H3. The van der Waals surface area contributed by atoms with E-state index in [1.54, 1.807) is 0 Å². The fourth-order valence-corrected chi connectivity index (χ4v) is 3.71. The van der Waals surface area contributed by atoms with E-state index >= 15 is 0 Å². The van der Waals surface area contributed by atoms with E-state index in [0.29, 0.717) is 5.92 Å². The van der Waals surface area contributed by atoms with E-state index in [2.05, 4.69) is 39.5 Å². The Kier molecular flexibility index (Phi) is 3.36. The lowest BCUT2D eigenvalue weighted by Crippen LogP contribution is -2.37. The Bertz CT molecular complexity index is 445. The van der Waals surface area contributed by atoms with E-state index in [4.69, 9.17) is 11.6 Å². The maximum atomic E-state index is 6.35. The van der Waals surface area contributed by atoms with Crippen LogP contribution in [0.2, 0.25) is 5.02 Å². The Balaban J connectivity index is 2.67. The van der Waals surface area contributed by atoms with Gasteiger partial charge in [-0.2, -0.15) is 0 Å². The zero-order valence-electron chi connectivity index (χ0n) is 11.0. The van der Waals surface area contributed by atoms with Crippen LogP contribution in [0.3, 0.4) is 0 Å². The number of benzene rings is 1. The molecule has 0 amide bonds. The van der Waals surface area contributed by atoms with Gasteiger partial charge in [0.1, 0.15) is 0 Å². The van der Waals surface area contributed by atoms with Crippen molar-refractivity contribution in [2.24, 2.45) is 5.92 Å². The molecule has 0 saturated carbocycles. The molecule has 2 rings (SSSR count). The van der Waals surface area contributed by atoms with Crippen LogP contribution in [0.25, 0.3) is 0 Å². The molecule has 1 aliphatic carbocycles. The lowest BCUT2D eigenvalue weighted by Gasteiger charge is -2.43. The minimum atomic E-state index is 0.123. The second kappa shape index (κ2) is 4.49. The SMILES string of the molecule is C=C(C)C1(C(C)C)CCCc2c(Cl)cccc21. The van der Waals surface area contributed by atoms with Gasteiger partial charge in [0.25, 0.3) is 0 Å². The molecule has 1 aliphatic rings.